The van der Waals surface area contributed by atoms with Crippen molar-refractivity contribution < 1.29 is 14.3 Å². The molecule has 1 N–H and O–H groups in total. The first-order valence-electron chi connectivity index (χ1n) is 10.8. The molecule has 162 valence electrons. The average molecular weight is 437 g/mol. The molecule has 2 heterocycles. The smallest absolute Gasteiger partial charge is 0.261 e. The van der Waals surface area contributed by atoms with Crippen molar-refractivity contribution in [1.29, 1.82) is 0 Å². The molecule has 0 bridgehead atoms. The highest BCUT2D eigenvalue weighted by Crippen LogP contribution is 2.34. The third kappa shape index (κ3) is 4.81. The summed E-state index contributed by atoms with van der Waals surface area (Å²) >= 11 is 1.53. The number of hydrogen-bond acceptors (Lipinski definition) is 4. The summed E-state index contributed by atoms with van der Waals surface area (Å²) in [6.45, 7) is 1.72. The number of carbonyl (C=O) groups excluding carboxylic acids is 2. The van der Waals surface area contributed by atoms with Gasteiger partial charge in [0.05, 0.1) is 11.5 Å². The van der Waals surface area contributed by atoms with Gasteiger partial charge in [-0.2, -0.15) is 0 Å². The van der Waals surface area contributed by atoms with Crippen LogP contribution in [0.4, 0.5) is 0 Å². The quantitative estimate of drug-likeness (QED) is 0.554. The summed E-state index contributed by atoms with van der Waals surface area (Å²) in [7, 11) is 1.62. The van der Waals surface area contributed by atoms with E-state index in [2.05, 4.69) is 17.4 Å². The molecule has 0 saturated carbocycles. The van der Waals surface area contributed by atoms with E-state index in [4.69, 9.17) is 4.74 Å². The Hall–Kier alpha value is -2.70. The first kappa shape index (κ1) is 21.5. The molecule has 2 aromatic carbocycles. The summed E-state index contributed by atoms with van der Waals surface area (Å²) < 4.78 is 6.17. The number of nitrogens with zero attached hydrogens (tertiary/aromatic N) is 1. The van der Waals surface area contributed by atoms with Crippen LogP contribution in [-0.4, -0.2) is 49.6 Å². The summed E-state index contributed by atoms with van der Waals surface area (Å²) in [5.41, 5.74) is 1.77. The van der Waals surface area contributed by atoms with E-state index < -0.39 is 0 Å². The standard InChI is InChI=1S/C25H28N2O3S/c1-30-16-14-26-24(28)23-21(20-12-5-6-13-22(20)31-23)17-19-11-7-8-15-27(19)25(29)18-9-3-2-4-10-18/h2-6,9-10,12-13,19H,7-8,11,14-17H2,1H3,(H,26,28)/t19-/m0/s1. The van der Waals surface area contributed by atoms with Crippen molar-refractivity contribution in [3.8, 4) is 0 Å². The normalized spacial score (nSPS) is 16.4. The van der Waals surface area contributed by atoms with E-state index in [1.165, 1.54) is 11.3 Å². The molecule has 6 heteroatoms. The Labute approximate surface area is 187 Å². The number of benzene rings is 2. The van der Waals surface area contributed by atoms with E-state index in [1.54, 1.807) is 7.11 Å². The zero-order chi connectivity index (χ0) is 21.6. The molecule has 1 aliphatic heterocycles. The number of ether oxygens (including phenoxy) is 1. The topological polar surface area (TPSA) is 58.6 Å². The first-order valence-corrected chi connectivity index (χ1v) is 11.6. The Bertz CT molecular complexity index is 1050. The van der Waals surface area contributed by atoms with Crippen LogP contribution in [-0.2, 0) is 11.2 Å². The largest absolute Gasteiger partial charge is 0.383 e. The number of rotatable bonds is 7. The molecule has 1 atom stereocenters. The fraction of sp³-hybridized carbons (Fsp3) is 0.360. The second kappa shape index (κ2) is 10.1. The van der Waals surface area contributed by atoms with Crippen molar-refractivity contribution in [2.75, 3.05) is 26.8 Å². The monoisotopic (exact) mass is 436 g/mol. The summed E-state index contributed by atoms with van der Waals surface area (Å²) in [5, 5.41) is 4.08. The Balaban J connectivity index is 1.63. The van der Waals surface area contributed by atoms with E-state index in [0.29, 0.717) is 19.6 Å². The number of fused-ring (bicyclic) bond motifs is 1. The van der Waals surface area contributed by atoms with Crippen molar-refractivity contribution in [2.24, 2.45) is 0 Å². The van der Waals surface area contributed by atoms with Gasteiger partial charge in [-0.15, -0.1) is 11.3 Å². The van der Waals surface area contributed by atoms with Gasteiger partial charge in [0.1, 0.15) is 0 Å². The van der Waals surface area contributed by atoms with Crippen LogP contribution in [0, 0.1) is 0 Å². The Morgan fingerprint density at radius 3 is 2.68 bits per heavy atom. The number of carbonyl (C=O) groups is 2. The molecule has 1 saturated heterocycles. The van der Waals surface area contributed by atoms with Gasteiger partial charge in [-0.05, 0) is 54.8 Å². The van der Waals surface area contributed by atoms with E-state index in [1.807, 2.05) is 47.4 Å². The molecule has 31 heavy (non-hydrogen) atoms. The minimum Gasteiger partial charge on any atom is -0.383 e. The third-order valence-corrected chi connectivity index (χ3v) is 7.06. The molecule has 0 unspecified atom stereocenters. The molecule has 0 radical (unpaired) electrons. The van der Waals surface area contributed by atoms with Crippen molar-refractivity contribution >= 4 is 33.2 Å². The van der Waals surface area contributed by atoms with E-state index in [-0.39, 0.29) is 17.9 Å². The second-order valence-corrected chi connectivity index (χ2v) is 8.93. The fourth-order valence-electron chi connectivity index (χ4n) is 4.29. The van der Waals surface area contributed by atoms with Crippen LogP contribution in [0.2, 0.25) is 0 Å². The zero-order valence-electron chi connectivity index (χ0n) is 17.8. The lowest BCUT2D eigenvalue weighted by Gasteiger charge is -2.36. The van der Waals surface area contributed by atoms with Crippen molar-refractivity contribution in [2.45, 2.75) is 31.7 Å². The molecular weight excluding hydrogens is 408 g/mol. The number of nitrogens with one attached hydrogen (secondary N) is 1. The predicted octanol–water partition coefficient (Wildman–Crippen LogP) is 4.51. The molecule has 0 spiro atoms. The lowest BCUT2D eigenvalue weighted by atomic mass is 9.93. The maximum atomic E-state index is 13.2. The highest BCUT2D eigenvalue weighted by Gasteiger charge is 2.30. The number of methoxy groups -OCH3 is 1. The van der Waals surface area contributed by atoms with Gasteiger partial charge in [0, 0.05) is 36.5 Å². The maximum absolute atomic E-state index is 13.2. The average Bonchev–Trinajstić information content (AvgIpc) is 3.18. The maximum Gasteiger partial charge on any atom is 0.261 e. The van der Waals surface area contributed by atoms with Crippen LogP contribution in [0.25, 0.3) is 10.1 Å². The highest BCUT2D eigenvalue weighted by atomic mass is 32.1. The van der Waals surface area contributed by atoms with Gasteiger partial charge < -0.3 is 15.0 Å². The van der Waals surface area contributed by atoms with Crippen LogP contribution < -0.4 is 5.32 Å². The van der Waals surface area contributed by atoms with E-state index in [9.17, 15) is 9.59 Å². The Morgan fingerprint density at radius 2 is 1.87 bits per heavy atom. The molecule has 5 nitrogen and oxygen atoms in total. The van der Waals surface area contributed by atoms with Gasteiger partial charge >= 0.3 is 0 Å². The lowest BCUT2D eigenvalue weighted by Crippen LogP contribution is -2.45. The molecule has 1 aromatic heterocycles. The van der Waals surface area contributed by atoms with E-state index >= 15 is 0 Å². The van der Waals surface area contributed by atoms with Gasteiger partial charge in [-0.1, -0.05) is 36.4 Å². The number of likely N-dealkylation sites (tertiary alicyclic amines) is 1. The fourth-order valence-corrected chi connectivity index (χ4v) is 5.44. The van der Waals surface area contributed by atoms with Crippen LogP contribution in [0.5, 0.6) is 0 Å². The second-order valence-electron chi connectivity index (χ2n) is 7.87. The van der Waals surface area contributed by atoms with Crippen LogP contribution in [0.1, 0.15) is 44.9 Å². The number of hydrogen-bond donors (Lipinski definition) is 1. The van der Waals surface area contributed by atoms with Crippen LogP contribution in [0.3, 0.4) is 0 Å². The third-order valence-electron chi connectivity index (χ3n) is 5.84. The summed E-state index contributed by atoms with van der Waals surface area (Å²) in [6.07, 6.45) is 3.76. The zero-order valence-corrected chi connectivity index (χ0v) is 18.6. The lowest BCUT2D eigenvalue weighted by molar-refractivity contribution is 0.0614. The molecule has 1 fully saturated rings. The summed E-state index contributed by atoms with van der Waals surface area (Å²) in [6, 6.07) is 17.7. The summed E-state index contributed by atoms with van der Waals surface area (Å²) in [4.78, 5) is 28.9. The van der Waals surface area contributed by atoms with Crippen LogP contribution >= 0.6 is 11.3 Å². The van der Waals surface area contributed by atoms with E-state index in [0.717, 1.165) is 51.9 Å². The SMILES string of the molecule is COCCNC(=O)c1sc2ccccc2c1C[C@@H]1CCCCN1C(=O)c1ccccc1. The highest BCUT2D eigenvalue weighted by molar-refractivity contribution is 7.21. The van der Waals surface area contributed by atoms with Gasteiger partial charge in [0.2, 0.25) is 0 Å². The Kier molecular flexibility index (Phi) is 6.99. The van der Waals surface area contributed by atoms with Gasteiger partial charge in [0.15, 0.2) is 0 Å². The predicted molar refractivity (Wildman–Crippen MR) is 125 cm³/mol. The molecule has 4 rings (SSSR count). The molecular formula is C25H28N2O3S. The van der Waals surface area contributed by atoms with Gasteiger partial charge in [0.25, 0.3) is 11.8 Å². The molecule has 3 aromatic rings. The van der Waals surface area contributed by atoms with Crippen molar-refractivity contribution in [3.63, 3.8) is 0 Å². The molecule has 1 aliphatic rings. The number of piperidine rings is 1. The van der Waals surface area contributed by atoms with Crippen LogP contribution in [0.15, 0.2) is 54.6 Å². The number of thiophene rings is 1. The number of amides is 2. The minimum atomic E-state index is -0.0648. The van der Waals surface area contributed by atoms with Crippen molar-refractivity contribution in [1.82, 2.24) is 10.2 Å². The van der Waals surface area contributed by atoms with Gasteiger partial charge in [-0.3, -0.25) is 9.59 Å². The minimum absolute atomic E-state index is 0.0648. The Morgan fingerprint density at radius 1 is 1.10 bits per heavy atom. The molecule has 0 aliphatic carbocycles. The summed E-state index contributed by atoms with van der Waals surface area (Å²) in [5.74, 6) is 0.0147. The van der Waals surface area contributed by atoms with Gasteiger partial charge in [-0.25, -0.2) is 0 Å². The van der Waals surface area contributed by atoms with Crippen molar-refractivity contribution in [3.05, 3.63) is 70.6 Å². The molecule has 2 amide bonds. The first-order chi connectivity index (χ1) is 15.2.